The van der Waals surface area contributed by atoms with E-state index in [2.05, 4.69) is 24.9 Å². The van der Waals surface area contributed by atoms with Crippen LogP contribution in [0.25, 0.3) is 0 Å². The van der Waals surface area contributed by atoms with Gasteiger partial charge in [0.1, 0.15) is 18.0 Å². The van der Waals surface area contributed by atoms with Crippen molar-refractivity contribution < 1.29 is 13.2 Å². The van der Waals surface area contributed by atoms with Crippen molar-refractivity contribution in [2.24, 2.45) is 0 Å². The first-order chi connectivity index (χ1) is 12.5. The summed E-state index contributed by atoms with van der Waals surface area (Å²) in [5.41, 5.74) is 0.905. The third kappa shape index (κ3) is 4.90. The minimum absolute atomic E-state index is 0.257. The molecule has 9 heteroatoms. The number of ether oxygens (including phenoxy) is 1. The van der Waals surface area contributed by atoms with Gasteiger partial charge in [-0.3, -0.25) is 0 Å². The van der Waals surface area contributed by atoms with E-state index in [-0.39, 0.29) is 11.4 Å². The fourth-order valence-electron chi connectivity index (χ4n) is 2.65. The van der Waals surface area contributed by atoms with Crippen molar-refractivity contribution in [2.75, 3.05) is 49.6 Å². The van der Waals surface area contributed by atoms with Gasteiger partial charge in [-0.05, 0) is 24.6 Å². The number of nitrogens with zero attached hydrogens (tertiary/aromatic N) is 3. The molecule has 1 fully saturated rings. The lowest BCUT2D eigenvalue weighted by molar-refractivity contribution is 0.122. The zero-order chi connectivity index (χ0) is 18.4. The van der Waals surface area contributed by atoms with E-state index >= 15 is 0 Å². The van der Waals surface area contributed by atoms with Crippen LogP contribution in [0, 0.1) is 6.92 Å². The molecule has 0 saturated carbocycles. The van der Waals surface area contributed by atoms with Crippen molar-refractivity contribution in [1.29, 1.82) is 0 Å². The van der Waals surface area contributed by atoms with Gasteiger partial charge in [0.05, 0.1) is 18.1 Å². The summed E-state index contributed by atoms with van der Waals surface area (Å²) < 4.78 is 32.5. The Kier molecular flexibility index (Phi) is 6.02. The maximum absolute atomic E-state index is 12.3. The lowest BCUT2D eigenvalue weighted by Gasteiger charge is -2.27. The van der Waals surface area contributed by atoms with E-state index in [1.807, 2.05) is 19.1 Å². The van der Waals surface area contributed by atoms with Crippen LogP contribution in [0.15, 0.2) is 41.6 Å². The number of benzene rings is 1. The molecule has 0 amide bonds. The van der Waals surface area contributed by atoms with Gasteiger partial charge in [0, 0.05) is 32.2 Å². The average molecular weight is 377 g/mol. The second kappa shape index (κ2) is 8.43. The van der Waals surface area contributed by atoms with Gasteiger partial charge < -0.3 is 15.0 Å². The van der Waals surface area contributed by atoms with Crippen molar-refractivity contribution in [3.8, 4) is 0 Å². The summed E-state index contributed by atoms with van der Waals surface area (Å²) in [6.45, 7) is 5.51. The molecule has 1 aliphatic rings. The van der Waals surface area contributed by atoms with Gasteiger partial charge in [-0.15, -0.1) is 0 Å². The van der Waals surface area contributed by atoms with Crippen LogP contribution in [-0.2, 0) is 14.8 Å². The summed E-state index contributed by atoms with van der Waals surface area (Å²) in [7, 11) is -3.51. The fourth-order valence-corrected chi connectivity index (χ4v) is 3.79. The molecule has 0 aliphatic carbocycles. The summed E-state index contributed by atoms with van der Waals surface area (Å²) in [5.74, 6) is 1.50. The zero-order valence-electron chi connectivity index (χ0n) is 14.7. The molecule has 0 spiro atoms. The molecule has 1 aliphatic heterocycles. The number of rotatable bonds is 7. The van der Waals surface area contributed by atoms with Crippen LogP contribution in [0.3, 0.4) is 0 Å². The van der Waals surface area contributed by atoms with Gasteiger partial charge in [-0.2, -0.15) is 0 Å². The van der Waals surface area contributed by atoms with E-state index < -0.39 is 10.0 Å². The number of sulfonamides is 1. The van der Waals surface area contributed by atoms with Crippen LogP contribution < -0.4 is 14.9 Å². The SMILES string of the molecule is Cc1cccc(S(=O)(=O)NCCNc2cc(N3CCOCC3)ncn2)c1. The first-order valence-electron chi connectivity index (χ1n) is 8.49. The molecule has 2 aromatic rings. The Morgan fingerprint density at radius 3 is 2.73 bits per heavy atom. The summed E-state index contributed by atoms with van der Waals surface area (Å²) >= 11 is 0. The molecule has 2 heterocycles. The van der Waals surface area contributed by atoms with E-state index in [0.717, 1.165) is 24.5 Å². The molecule has 26 heavy (non-hydrogen) atoms. The van der Waals surface area contributed by atoms with Gasteiger partial charge in [0.15, 0.2) is 0 Å². The third-order valence-corrected chi connectivity index (χ3v) is 5.47. The Labute approximate surface area is 153 Å². The van der Waals surface area contributed by atoms with E-state index in [1.54, 1.807) is 18.2 Å². The van der Waals surface area contributed by atoms with Crippen LogP contribution >= 0.6 is 0 Å². The standard InChI is InChI=1S/C17H23N5O3S/c1-14-3-2-4-15(11-14)26(23,24)21-6-5-18-16-12-17(20-13-19-16)22-7-9-25-10-8-22/h2-4,11-13,21H,5-10H2,1H3,(H,18,19,20). The van der Waals surface area contributed by atoms with Gasteiger partial charge in [0.25, 0.3) is 0 Å². The molecule has 1 aromatic heterocycles. The number of morpholine rings is 1. The van der Waals surface area contributed by atoms with Crippen molar-refractivity contribution in [3.05, 3.63) is 42.2 Å². The molecule has 0 bridgehead atoms. The molecule has 0 atom stereocenters. The molecule has 140 valence electrons. The molecule has 1 saturated heterocycles. The number of aryl methyl sites for hydroxylation is 1. The van der Waals surface area contributed by atoms with Gasteiger partial charge in [-0.1, -0.05) is 12.1 Å². The highest BCUT2D eigenvalue weighted by Crippen LogP contribution is 2.15. The monoisotopic (exact) mass is 377 g/mol. The highest BCUT2D eigenvalue weighted by atomic mass is 32.2. The number of aromatic nitrogens is 2. The molecular weight excluding hydrogens is 354 g/mol. The normalized spacial score (nSPS) is 15.0. The fraction of sp³-hybridized carbons (Fsp3) is 0.412. The Morgan fingerprint density at radius 2 is 1.96 bits per heavy atom. The summed E-state index contributed by atoms with van der Waals surface area (Å²) in [6, 6.07) is 8.69. The topological polar surface area (TPSA) is 96.5 Å². The second-order valence-corrected chi connectivity index (χ2v) is 7.77. The van der Waals surface area contributed by atoms with Crippen molar-refractivity contribution >= 4 is 21.7 Å². The van der Waals surface area contributed by atoms with Crippen LogP contribution in [0.5, 0.6) is 0 Å². The molecule has 3 rings (SSSR count). The maximum Gasteiger partial charge on any atom is 0.240 e. The first-order valence-corrected chi connectivity index (χ1v) is 9.98. The van der Waals surface area contributed by atoms with E-state index in [0.29, 0.717) is 25.6 Å². The van der Waals surface area contributed by atoms with Crippen LogP contribution in [-0.4, -0.2) is 57.8 Å². The van der Waals surface area contributed by atoms with E-state index in [4.69, 9.17) is 4.74 Å². The Bertz CT molecular complexity index is 838. The summed E-state index contributed by atoms with van der Waals surface area (Å²) in [6.07, 6.45) is 1.50. The van der Waals surface area contributed by atoms with Crippen LogP contribution in [0.2, 0.25) is 0 Å². The molecule has 0 unspecified atom stereocenters. The second-order valence-electron chi connectivity index (χ2n) is 6.00. The van der Waals surface area contributed by atoms with Gasteiger partial charge in [-0.25, -0.2) is 23.1 Å². The highest BCUT2D eigenvalue weighted by Gasteiger charge is 2.14. The largest absolute Gasteiger partial charge is 0.378 e. The van der Waals surface area contributed by atoms with Crippen molar-refractivity contribution in [1.82, 2.24) is 14.7 Å². The smallest absolute Gasteiger partial charge is 0.240 e. The number of nitrogens with one attached hydrogen (secondary N) is 2. The number of anilines is 2. The van der Waals surface area contributed by atoms with Crippen LogP contribution in [0.1, 0.15) is 5.56 Å². The highest BCUT2D eigenvalue weighted by molar-refractivity contribution is 7.89. The Balaban J connectivity index is 1.52. The third-order valence-electron chi connectivity index (χ3n) is 4.01. The predicted molar refractivity (Wildman–Crippen MR) is 99.9 cm³/mol. The molecule has 0 radical (unpaired) electrons. The Hall–Kier alpha value is -2.23. The number of hydrogen-bond donors (Lipinski definition) is 2. The lowest BCUT2D eigenvalue weighted by Crippen LogP contribution is -2.36. The molecule has 1 aromatic carbocycles. The molecule has 8 nitrogen and oxygen atoms in total. The number of hydrogen-bond acceptors (Lipinski definition) is 7. The van der Waals surface area contributed by atoms with Crippen molar-refractivity contribution in [3.63, 3.8) is 0 Å². The van der Waals surface area contributed by atoms with Gasteiger partial charge >= 0.3 is 0 Å². The Morgan fingerprint density at radius 1 is 1.15 bits per heavy atom. The molecular formula is C17H23N5O3S. The predicted octanol–water partition coefficient (Wildman–Crippen LogP) is 1.01. The first kappa shape index (κ1) is 18.6. The van der Waals surface area contributed by atoms with Crippen molar-refractivity contribution in [2.45, 2.75) is 11.8 Å². The van der Waals surface area contributed by atoms with E-state index in [1.165, 1.54) is 6.33 Å². The molecule has 2 N–H and O–H groups in total. The average Bonchev–Trinajstić information content (AvgIpc) is 2.66. The maximum atomic E-state index is 12.3. The van der Waals surface area contributed by atoms with E-state index in [9.17, 15) is 8.42 Å². The minimum Gasteiger partial charge on any atom is -0.378 e. The van der Waals surface area contributed by atoms with Gasteiger partial charge in [0.2, 0.25) is 10.0 Å². The van der Waals surface area contributed by atoms with Crippen LogP contribution in [0.4, 0.5) is 11.6 Å². The summed E-state index contributed by atoms with van der Waals surface area (Å²) in [4.78, 5) is 10.9. The zero-order valence-corrected chi connectivity index (χ0v) is 15.5. The minimum atomic E-state index is -3.51. The lowest BCUT2D eigenvalue weighted by atomic mass is 10.2. The quantitative estimate of drug-likeness (QED) is 0.695. The summed E-state index contributed by atoms with van der Waals surface area (Å²) in [5, 5.41) is 3.12.